The molecule has 5 heteroatoms. The number of carbonyl (C=O) groups is 2. The van der Waals surface area contributed by atoms with Crippen molar-refractivity contribution >= 4 is 23.1 Å². The summed E-state index contributed by atoms with van der Waals surface area (Å²) in [5.41, 5.74) is 0. The Kier molecular flexibility index (Phi) is 3.02. The Morgan fingerprint density at radius 1 is 1.54 bits per heavy atom. The maximum Gasteiger partial charge on any atom is 0.341 e. The number of hydrogen-bond donors (Lipinski definition) is 1. The van der Waals surface area contributed by atoms with Gasteiger partial charge in [-0.05, 0) is 19.1 Å². The molecule has 0 saturated heterocycles. The molecular formula is C8H8O4S. The number of hydrogen-bond acceptors (Lipinski definition) is 4. The van der Waals surface area contributed by atoms with Gasteiger partial charge in [0.05, 0.1) is 4.88 Å². The number of ether oxygens (including phenoxy) is 1. The van der Waals surface area contributed by atoms with E-state index in [-0.39, 0.29) is 12.4 Å². The molecule has 1 aromatic heterocycles. The van der Waals surface area contributed by atoms with Crippen LogP contribution in [0.5, 0.6) is 5.06 Å². The van der Waals surface area contributed by atoms with Crippen LogP contribution in [0.1, 0.15) is 16.6 Å². The average molecular weight is 200 g/mol. The van der Waals surface area contributed by atoms with Gasteiger partial charge in [0.25, 0.3) is 0 Å². The standard InChI is InChI=1S/C8H8O4S/c1-5(9)6-2-3-8(13-6)12-4-7(10)11/h2-3H,4H2,1H3,(H,10,11). The summed E-state index contributed by atoms with van der Waals surface area (Å²) in [5, 5.41) is 8.75. The molecule has 0 unspecified atom stereocenters. The maximum atomic E-state index is 10.8. The van der Waals surface area contributed by atoms with Crippen molar-refractivity contribution in [3.8, 4) is 5.06 Å². The molecule has 0 bridgehead atoms. The molecule has 1 rings (SSSR count). The zero-order valence-corrected chi connectivity index (χ0v) is 7.76. The molecule has 0 aliphatic rings. The van der Waals surface area contributed by atoms with Gasteiger partial charge in [-0.1, -0.05) is 11.3 Å². The molecule has 4 nitrogen and oxygen atoms in total. The summed E-state index contributed by atoms with van der Waals surface area (Å²) in [6.07, 6.45) is 0. The fourth-order valence-corrected chi connectivity index (χ4v) is 1.47. The highest BCUT2D eigenvalue weighted by Gasteiger charge is 2.05. The summed E-state index contributed by atoms with van der Waals surface area (Å²) in [4.78, 5) is 21.5. The van der Waals surface area contributed by atoms with E-state index in [4.69, 9.17) is 9.84 Å². The quantitative estimate of drug-likeness (QED) is 0.746. The first-order valence-electron chi connectivity index (χ1n) is 3.55. The summed E-state index contributed by atoms with van der Waals surface area (Å²) < 4.78 is 4.86. The van der Waals surface area contributed by atoms with Gasteiger partial charge in [0.1, 0.15) is 0 Å². The number of carboxylic acids is 1. The Balaban J connectivity index is 2.59. The van der Waals surface area contributed by atoms with E-state index in [0.29, 0.717) is 9.94 Å². The van der Waals surface area contributed by atoms with Gasteiger partial charge in [0.2, 0.25) is 0 Å². The fraction of sp³-hybridized carbons (Fsp3) is 0.250. The molecule has 0 aromatic carbocycles. The maximum absolute atomic E-state index is 10.8. The van der Waals surface area contributed by atoms with Crippen molar-refractivity contribution in [1.82, 2.24) is 0 Å². The molecule has 0 amide bonds. The number of Topliss-reactive ketones (excluding diaryl/α,β-unsaturated/α-hetero) is 1. The van der Waals surface area contributed by atoms with Crippen molar-refractivity contribution in [2.24, 2.45) is 0 Å². The molecule has 1 N–H and O–H groups in total. The molecule has 13 heavy (non-hydrogen) atoms. The number of carboxylic acid groups (broad SMARTS) is 1. The van der Waals surface area contributed by atoms with E-state index >= 15 is 0 Å². The minimum atomic E-state index is -1.03. The van der Waals surface area contributed by atoms with Crippen molar-refractivity contribution in [3.63, 3.8) is 0 Å². The van der Waals surface area contributed by atoms with Crippen LogP contribution in [0.4, 0.5) is 0 Å². The summed E-state index contributed by atoms with van der Waals surface area (Å²) in [6, 6.07) is 3.20. The highest BCUT2D eigenvalue weighted by molar-refractivity contribution is 7.15. The van der Waals surface area contributed by atoms with E-state index in [1.54, 1.807) is 12.1 Å². The molecule has 0 fully saturated rings. The lowest BCUT2D eigenvalue weighted by Gasteiger charge is -1.96. The van der Waals surface area contributed by atoms with E-state index < -0.39 is 5.97 Å². The fourth-order valence-electron chi connectivity index (χ4n) is 0.720. The topological polar surface area (TPSA) is 63.6 Å². The predicted molar refractivity (Wildman–Crippen MR) is 47.5 cm³/mol. The van der Waals surface area contributed by atoms with E-state index in [9.17, 15) is 9.59 Å². The molecule has 0 saturated carbocycles. The molecule has 0 aliphatic heterocycles. The Morgan fingerprint density at radius 3 is 2.69 bits per heavy atom. The molecule has 0 atom stereocenters. The van der Waals surface area contributed by atoms with Crippen LogP contribution in [-0.2, 0) is 4.79 Å². The third kappa shape index (κ3) is 2.87. The SMILES string of the molecule is CC(=O)c1ccc(OCC(=O)O)s1. The normalized spacial score (nSPS) is 9.62. The molecule has 0 spiro atoms. The molecular weight excluding hydrogens is 192 g/mol. The van der Waals surface area contributed by atoms with Gasteiger partial charge in [-0.25, -0.2) is 4.79 Å². The Labute approximate surface area is 78.8 Å². The molecule has 70 valence electrons. The molecule has 1 heterocycles. The smallest absolute Gasteiger partial charge is 0.341 e. The van der Waals surface area contributed by atoms with Crippen LogP contribution in [0.2, 0.25) is 0 Å². The van der Waals surface area contributed by atoms with Crippen molar-refractivity contribution in [2.45, 2.75) is 6.92 Å². The second-order valence-corrected chi connectivity index (χ2v) is 3.40. The lowest BCUT2D eigenvalue weighted by molar-refractivity contribution is -0.139. The summed E-state index contributed by atoms with van der Waals surface area (Å²) in [5.74, 6) is -1.08. The largest absolute Gasteiger partial charge is 0.479 e. The Morgan fingerprint density at radius 2 is 2.23 bits per heavy atom. The monoisotopic (exact) mass is 200 g/mol. The predicted octanol–water partition coefficient (Wildman–Crippen LogP) is 1.41. The van der Waals surface area contributed by atoms with E-state index in [2.05, 4.69) is 0 Å². The van der Waals surface area contributed by atoms with Crippen LogP contribution in [0.15, 0.2) is 12.1 Å². The summed E-state index contributed by atoms with van der Waals surface area (Å²) >= 11 is 1.15. The number of rotatable bonds is 4. The van der Waals surface area contributed by atoms with Gasteiger partial charge in [-0.3, -0.25) is 4.79 Å². The number of thiophene rings is 1. The van der Waals surface area contributed by atoms with Crippen LogP contribution in [-0.4, -0.2) is 23.5 Å². The highest BCUT2D eigenvalue weighted by atomic mass is 32.1. The van der Waals surface area contributed by atoms with Crippen LogP contribution in [0.25, 0.3) is 0 Å². The van der Waals surface area contributed by atoms with Crippen LogP contribution in [0, 0.1) is 0 Å². The van der Waals surface area contributed by atoms with Crippen molar-refractivity contribution < 1.29 is 19.4 Å². The van der Waals surface area contributed by atoms with Gasteiger partial charge < -0.3 is 9.84 Å². The van der Waals surface area contributed by atoms with E-state index in [1.807, 2.05) is 0 Å². The number of aliphatic carboxylic acids is 1. The van der Waals surface area contributed by atoms with Gasteiger partial charge in [0.15, 0.2) is 17.5 Å². The third-order valence-corrected chi connectivity index (χ3v) is 2.36. The molecule has 1 aromatic rings. The molecule has 0 aliphatic carbocycles. The van der Waals surface area contributed by atoms with Crippen molar-refractivity contribution in [2.75, 3.05) is 6.61 Å². The van der Waals surface area contributed by atoms with Gasteiger partial charge >= 0.3 is 5.97 Å². The van der Waals surface area contributed by atoms with Crippen molar-refractivity contribution in [1.29, 1.82) is 0 Å². The summed E-state index contributed by atoms with van der Waals surface area (Å²) in [6.45, 7) is 1.07. The van der Waals surface area contributed by atoms with Gasteiger partial charge in [-0.2, -0.15) is 0 Å². The first-order chi connectivity index (χ1) is 6.09. The van der Waals surface area contributed by atoms with Gasteiger partial charge in [0, 0.05) is 0 Å². The first-order valence-corrected chi connectivity index (χ1v) is 4.36. The average Bonchev–Trinajstić information content (AvgIpc) is 2.48. The lowest BCUT2D eigenvalue weighted by atomic mass is 10.4. The van der Waals surface area contributed by atoms with E-state index in [0.717, 1.165) is 11.3 Å². The Hall–Kier alpha value is -1.36. The van der Waals surface area contributed by atoms with Crippen LogP contribution < -0.4 is 4.74 Å². The number of ketones is 1. The zero-order chi connectivity index (χ0) is 9.84. The zero-order valence-electron chi connectivity index (χ0n) is 6.94. The van der Waals surface area contributed by atoms with Crippen LogP contribution in [0.3, 0.4) is 0 Å². The minimum Gasteiger partial charge on any atom is -0.479 e. The highest BCUT2D eigenvalue weighted by Crippen LogP contribution is 2.24. The second-order valence-electron chi connectivity index (χ2n) is 2.36. The number of carbonyl (C=O) groups excluding carboxylic acids is 1. The third-order valence-electron chi connectivity index (χ3n) is 1.27. The minimum absolute atomic E-state index is 0.0461. The first kappa shape index (κ1) is 9.73. The van der Waals surface area contributed by atoms with E-state index in [1.165, 1.54) is 6.92 Å². The van der Waals surface area contributed by atoms with Crippen LogP contribution >= 0.6 is 11.3 Å². The lowest BCUT2D eigenvalue weighted by Crippen LogP contribution is -2.08. The summed E-state index contributed by atoms with van der Waals surface area (Å²) in [7, 11) is 0. The van der Waals surface area contributed by atoms with Crippen molar-refractivity contribution in [3.05, 3.63) is 17.0 Å². The molecule has 0 radical (unpaired) electrons. The van der Waals surface area contributed by atoms with Gasteiger partial charge in [-0.15, -0.1) is 0 Å². The second kappa shape index (κ2) is 4.04. The Bertz CT molecular complexity index is 329.